The highest BCUT2D eigenvalue weighted by atomic mass is 35.5. The Kier molecular flexibility index (Phi) is 4.55. The van der Waals surface area contributed by atoms with Gasteiger partial charge in [0.1, 0.15) is 23.7 Å². The van der Waals surface area contributed by atoms with Gasteiger partial charge in [0, 0.05) is 44.4 Å². The first-order valence-corrected chi connectivity index (χ1v) is 12.2. The summed E-state index contributed by atoms with van der Waals surface area (Å²) in [5, 5.41) is 6.00. The fourth-order valence-corrected chi connectivity index (χ4v) is 5.72. The number of halogens is 2. The Hall–Kier alpha value is -3.20. The molecular formula is C30H20Cl2O2. The molecule has 0 N–H and O–H groups in total. The molecule has 2 nitrogen and oxygen atoms in total. The second kappa shape index (κ2) is 7.66. The van der Waals surface area contributed by atoms with Crippen molar-refractivity contribution in [3.63, 3.8) is 0 Å². The van der Waals surface area contributed by atoms with E-state index < -0.39 is 0 Å². The lowest BCUT2D eigenvalue weighted by molar-refractivity contribution is 0.199. The van der Waals surface area contributed by atoms with Crippen molar-refractivity contribution >= 4 is 44.7 Å². The Morgan fingerprint density at radius 1 is 0.529 bits per heavy atom. The summed E-state index contributed by atoms with van der Waals surface area (Å²) in [6.07, 6.45) is 1.49. The first-order valence-electron chi connectivity index (χ1n) is 11.5. The van der Waals surface area contributed by atoms with Crippen LogP contribution >= 0.6 is 23.2 Å². The predicted molar refractivity (Wildman–Crippen MR) is 139 cm³/mol. The van der Waals surface area contributed by atoms with Crippen LogP contribution in [0.5, 0.6) is 11.5 Å². The van der Waals surface area contributed by atoms with Crippen molar-refractivity contribution in [1.82, 2.24) is 0 Å². The Labute approximate surface area is 207 Å². The number of fused-ring (bicyclic) bond motifs is 2. The summed E-state index contributed by atoms with van der Waals surface area (Å²) < 4.78 is 13.5. The summed E-state index contributed by atoms with van der Waals surface area (Å²) in [6.45, 7) is 0. The lowest BCUT2D eigenvalue weighted by atomic mass is 9.87. The largest absolute Gasteiger partial charge is 0.484 e. The lowest BCUT2D eigenvalue weighted by Gasteiger charge is -2.33. The van der Waals surface area contributed by atoms with Gasteiger partial charge in [-0.05, 0) is 46.5 Å². The Balaban J connectivity index is 1.42. The van der Waals surface area contributed by atoms with Gasteiger partial charge in [-0.15, -0.1) is 0 Å². The van der Waals surface area contributed by atoms with Crippen molar-refractivity contribution in [1.29, 1.82) is 0 Å². The molecule has 0 amide bonds. The molecule has 7 rings (SSSR count). The van der Waals surface area contributed by atoms with Gasteiger partial charge in [0.2, 0.25) is 0 Å². The van der Waals surface area contributed by atoms with Gasteiger partial charge in [-0.1, -0.05) is 83.9 Å². The number of benzene rings is 5. The minimum absolute atomic E-state index is 0.0567. The maximum absolute atomic E-state index is 6.73. The highest BCUT2D eigenvalue weighted by Gasteiger charge is 2.31. The van der Waals surface area contributed by atoms with E-state index in [1.54, 1.807) is 0 Å². The third-order valence-electron chi connectivity index (χ3n) is 7.06. The maximum atomic E-state index is 6.73. The SMILES string of the molecule is Clc1ccc(C2Cc3cccc4c5c6c(cccc6c(c34)O2)CC(c2ccc(Cl)cc2)O5)cc1. The van der Waals surface area contributed by atoms with Gasteiger partial charge < -0.3 is 9.47 Å². The third-order valence-corrected chi connectivity index (χ3v) is 7.56. The minimum atomic E-state index is -0.0567. The van der Waals surface area contributed by atoms with E-state index in [0.717, 1.165) is 67.1 Å². The van der Waals surface area contributed by atoms with E-state index in [-0.39, 0.29) is 12.2 Å². The molecule has 0 spiro atoms. The molecule has 2 unspecified atom stereocenters. The molecule has 2 aliphatic heterocycles. The van der Waals surface area contributed by atoms with Crippen LogP contribution < -0.4 is 9.47 Å². The fourth-order valence-electron chi connectivity index (χ4n) is 5.46. The van der Waals surface area contributed by atoms with Crippen molar-refractivity contribution in [2.75, 3.05) is 0 Å². The summed E-state index contributed by atoms with van der Waals surface area (Å²) in [7, 11) is 0. The molecule has 34 heavy (non-hydrogen) atoms. The fraction of sp³-hybridized carbons (Fsp3) is 0.133. The van der Waals surface area contributed by atoms with Gasteiger partial charge in [-0.3, -0.25) is 0 Å². The zero-order valence-corrected chi connectivity index (χ0v) is 19.7. The van der Waals surface area contributed by atoms with Crippen LogP contribution in [-0.4, -0.2) is 0 Å². The van der Waals surface area contributed by atoms with E-state index in [4.69, 9.17) is 32.7 Å². The number of ether oxygens (including phenoxy) is 2. The summed E-state index contributed by atoms with van der Waals surface area (Å²) in [5.74, 6) is 1.90. The van der Waals surface area contributed by atoms with Gasteiger partial charge >= 0.3 is 0 Å². The molecule has 0 fully saturated rings. The molecule has 0 saturated heterocycles. The molecule has 0 saturated carbocycles. The van der Waals surface area contributed by atoms with Crippen molar-refractivity contribution in [2.24, 2.45) is 0 Å². The van der Waals surface area contributed by atoms with Gasteiger partial charge in [0.15, 0.2) is 0 Å². The average molecular weight is 483 g/mol. The molecular weight excluding hydrogens is 463 g/mol. The molecule has 0 bridgehead atoms. The Bertz CT molecular complexity index is 1450. The molecule has 0 radical (unpaired) electrons. The summed E-state index contributed by atoms with van der Waals surface area (Å²) in [6, 6.07) is 28.9. The molecule has 5 aromatic rings. The highest BCUT2D eigenvalue weighted by Crippen LogP contribution is 2.52. The molecule has 0 aliphatic carbocycles. The first-order chi connectivity index (χ1) is 16.7. The maximum Gasteiger partial charge on any atom is 0.136 e. The van der Waals surface area contributed by atoms with Crippen LogP contribution in [0.25, 0.3) is 21.5 Å². The van der Waals surface area contributed by atoms with E-state index in [1.807, 2.05) is 24.3 Å². The van der Waals surface area contributed by atoms with Crippen molar-refractivity contribution in [3.05, 3.63) is 117 Å². The summed E-state index contributed by atoms with van der Waals surface area (Å²) in [5.41, 5.74) is 4.82. The van der Waals surface area contributed by atoms with Gasteiger partial charge in [0.25, 0.3) is 0 Å². The normalized spacial score (nSPS) is 18.5. The highest BCUT2D eigenvalue weighted by molar-refractivity contribution is 6.30. The second-order valence-electron chi connectivity index (χ2n) is 9.06. The van der Waals surface area contributed by atoms with Crippen molar-refractivity contribution in [3.8, 4) is 11.5 Å². The molecule has 0 aromatic heterocycles. The van der Waals surface area contributed by atoms with E-state index in [0.29, 0.717) is 0 Å². The zero-order chi connectivity index (χ0) is 22.8. The zero-order valence-electron chi connectivity index (χ0n) is 18.2. The molecule has 5 aromatic carbocycles. The molecule has 4 heteroatoms. The summed E-state index contributed by atoms with van der Waals surface area (Å²) >= 11 is 12.3. The van der Waals surface area contributed by atoms with Gasteiger partial charge in [0.05, 0.1) is 0 Å². The standard InChI is InChI=1S/C30H20Cl2O2/c31-21-11-7-17(8-12-21)25-15-19-3-1-5-23-27(19)30(34-25)24-6-2-4-20-16-26(33-29(23)28(20)24)18-9-13-22(32)14-10-18/h1-14,25-26H,15-16H2. The quantitative estimate of drug-likeness (QED) is 0.234. The van der Waals surface area contributed by atoms with Crippen molar-refractivity contribution < 1.29 is 9.47 Å². The van der Waals surface area contributed by atoms with Crippen LogP contribution in [-0.2, 0) is 12.8 Å². The smallest absolute Gasteiger partial charge is 0.136 e. The van der Waals surface area contributed by atoms with Crippen LogP contribution in [0.15, 0.2) is 84.9 Å². The van der Waals surface area contributed by atoms with Crippen molar-refractivity contribution in [2.45, 2.75) is 25.0 Å². The van der Waals surface area contributed by atoms with Crippen LogP contribution in [0, 0.1) is 0 Å². The molecule has 166 valence electrons. The predicted octanol–water partition coefficient (Wildman–Crippen LogP) is 8.65. The van der Waals surface area contributed by atoms with Gasteiger partial charge in [-0.25, -0.2) is 0 Å². The molecule has 2 heterocycles. The van der Waals surface area contributed by atoms with Crippen LogP contribution in [0.2, 0.25) is 10.0 Å². The van der Waals surface area contributed by atoms with Crippen LogP contribution in [0.1, 0.15) is 34.5 Å². The Morgan fingerprint density at radius 3 is 1.35 bits per heavy atom. The molecule has 2 atom stereocenters. The molecule has 2 aliphatic rings. The van der Waals surface area contributed by atoms with E-state index in [1.165, 1.54) is 11.1 Å². The van der Waals surface area contributed by atoms with E-state index in [2.05, 4.69) is 60.7 Å². The monoisotopic (exact) mass is 482 g/mol. The minimum Gasteiger partial charge on any atom is -0.484 e. The van der Waals surface area contributed by atoms with Crippen LogP contribution in [0.3, 0.4) is 0 Å². The first kappa shape index (κ1) is 20.2. The number of rotatable bonds is 2. The summed E-state index contributed by atoms with van der Waals surface area (Å²) in [4.78, 5) is 0. The number of hydrogen-bond donors (Lipinski definition) is 0. The van der Waals surface area contributed by atoms with E-state index in [9.17, 15) is 0 Å². The second-order valence-corrected chi connectivity index (χ2v) is 9.93. The average Bonchev–Trinajstić information content (AvgIpc) is 2.87. The van der Waals surface area contributed by atoms with Crippen LogP contribution in [0.4, 0.5) is 0 Å². The Morgan fingerprint density at radius 2 is 0.941 bits per heavy atom. The topological polar surface area (TPSA) is 18.5 Å². The third kappa shape index (κ3) is 3.10. The van der Waals surface area contributed by atoms with E-state index >= 15 is 0 Å². The lowest BCUT2D eigenvalue weighted by Crippen LogP contribution is -2.19. The van der Waals surface area contributed by atoms with Gasteiger partial charge in [-0.2, -0.15) is 0 Å². The number of hydrogen-bond acceptors (Lipinski definition) is 2.